The van der Waals surface area contributed by atoms with Crippen LogP contribution in [0.2, 0.25) is 0 Å². The van der Waals surface area contributed by atoms with Crippen LogP contribution in [0, 0.1) is 0 Å². The Kier molecular flexibility index (Phi) is 68.2. The van der Waals surface area contributed by atoms with Gasteiger partial charge in [-0.15, -0.1) is 0 Å². The van der Waals surface area contributed by atoms with Gasteiger partial charge in [0.25, 0.3) is 0 Å². The van der Waals surface area contributed by atoms with Crippen LogP contribution in [0.25, 0.3) is 0 Å². The van der Waals surface area contributed by atoms with Crippen LogP contribution in [0.5, 0.6) is 0 Å². The van der Waals surface area contributed by atoms with E-state index < -0.39 is 26.5 Å². The summed E-state index contributed by atoms with van der Waals surface area (Å²) in [6.45, 7) is 4.50. The number of rotatable bonds is 73. The number of nitrogens with zero attached hydrogens (tertiary/aromatic N) is 1. The van der Waals surface area contributed by atoms with Crippen LogP contribution in [0.15, 0.2) is 36.5 Å². The highest BCUT2D eigenvalue weighted by Gasteiger charge is 2.27. The van der Waals surface area contributed by atoms with Crippen molar-refractivity contribution >= 4 is 19.8 Å². The van der Waals surface area contributed by atoms with Crippen molar-refractivity contribution in [3.63, 3.8) is 0 Å². The molecule has 0 aromatic heterocycles. The van der Waals surface area contributed by atoms with Crippen molar-refractivity contribution in [2.24, 2.45) is 0 Å². The monoisotopic (exact) mass is 1260 g/mol. The molecule has 0 bridgehead atoms. The summed E-state index contributed by atoms with van der Waals surface area (Å²) in [5.41, 5.74) is 0. The van der Waals surface area contributed by atoms with Gasteiger partial charge in [-0.2, -0.15) is 0 Å². The van der Waals surface area contributed by atoms with Crippen molar-refractivity contribution in [1.29, 1.82) is 0 Å². The molecule has 88 heavy (non-hydrogen) atoms. The van der Waals surface area contributed by atoms with Crippen LogP contribution >= 0.6 is 7.82 Å². The zero-order valence-electron chi connectivity index (χ0n) is 59.5. The van der Waals surface area contributed by atoms with E-state index in [1.54, 1.807) is 0 Å². The largest absolute Gasteiger partial charge is 0.472 e. The normalized spacial score (nSPS) is 13.2. The van der Waals surface area contributed by atoms with Gasteiger partial charge in [0, 0.05) is 12.8 Å². The molecule has 0 aliphatic rings. The van der Waals surface area contributed by atoms with E-state index in [1.165, 1.54) is 327 Å². The minimum absolute atomic E-state index is 0.0351. The lowest BCUT2D eigenvalue weighted by atomic mass is 10.0. The minimum atomic E-state index is -4.39. The van der Waals surface area contributed by atoms with Crippen LogP contribution in [-0.4, -0.2) is 74.9 Å². The SMILES string of the molecule is CCCCCCC/C=C\C/C=C\CCCCCCCCCCCCCCCCCCCCCCCCCC(=O)OC(COC(=O)CCCCCCCCCCCCCCCCCCC/C=C\CCCCCCCCCC)COP(=O)(O)OCC[N+](C)(C)C. The van der Waals surface area contributed by atoms with Crippen molar-refractivity contribution in [1.82, 2.24) is 0 Å². The Balaban J connectivity index is 3.93. The minimum Gasteiger partial charge on any atom is -0.462 e. The molecule has 0 radical (unpaired) electrons. The molecular weight excluding hydrogens is 1110 g/mol. The topological polar surface area (TPSA) is 108 Å². The third-order valence-corrected chi connectivity index (χ3v) is 18.6. The number of unbranched alkanes of at least 4 members (excludes halogenated alkanes) is 53. The van der Waals surface area contributed by atoms with Crippen LogP contribution in [0.4, 0.5) is 0 Å². The maximum absolute atomic E-state index is 12.9. The average molecular weight is 1260 g/mol. The Morgan fingerprint density at radius 1 is 0.352 bits per heavy atom. The number of likely N-dealkylation sites (N-methyl/N-ethyl adjacent to an activating group) is 1. The molecule has 2 unspecified atom stereocenters. The van der Waals surface area contributed by atoms with Crippen molar-refractivity contribution < 1.29 is 42.1 Å². The molecule has 0 saturated carbocycles. The van der Waals surface area contributed by atoms with Crippen LogP contribution in [-0.2, 0) is 32.7 Å². The van der Waals surface area contributed by atoms with Gasteiger partial charge in [-0.3, -0.25) is 18.6 Å². The van der Waals surface area contributed by atoms with Crippen molar-refractivity contribution in [2.75, 3.05) is 47.5 Å². The molecule has 0 amide bonds. The summed E-state index contributed by atoms with van der Waals surface area (Å²) in [5.74, 6) is -0.772. The lowest BCUT2D eigenvalue weighted by Gasteiger charge is -2.24. The van der Waals surface area contributed by atoms with E-state index in [2.05, 4.69) is 50.3 Å². The quantitative estimate of drug-likeness (QED) is 0.0211. The zero-order chi connectivity index (χ0) is 64.1. The van der Waals surface area contributed by atoms with Gasteiger partial charge >= 0.3 is 19.8 Å². The highest BCUT2D eigenvalue weighted by Crippen LogP contribution is 2.43. The summed E-state index contributed by atoms with van der Waals surface area (Å²) in [5, 5.41) is 0. The summed E-state index contributed by atoms with van der Waals surface area (Å²) in [7, 11) is 1.50. The number of hydrogen-bond acceptors (Lipinski definition) is 7. The summed E-state index contributed by atoms with van der Waals surface area (Å²) in [6.07, 6.45) is 90.0. The van der Waals surface area contributed by atoms with Crippen LogP contribution in [0.1, 0.15) is 399 Å². The Hall–Kier alpha value is -1.77. The molecule has 0 fully saturated rings. The van der Waals surface area contributed by atoms with Gasteiger partial charge < -0.3 is 18.9 Å². The number of phosphoric ester groups is 1. The second-order valence-electron chi connectivity index (χ2n) is 27.7. The number of hydrogen-bond donors (Lipinski definition) is 1. The van der Waals surface area contributed by atoms with E-state index in [9.17, 15) is 19.0 Å². The van der Waals surface area contributed by atoms with E-state index in [1.807, 2.05) is 21.1 Å². The van der Waals surface area contributed by atoms with Gasteiger partial charge in [-0.25, -0.2) is 4.57 Å². The molecule has 2 atom stereocenters. The molecule has 0 aliphatic carbocycles. The smallest absolute Gasteiger partial charge is 0.462 e. The number of esters is 2. The molecule has 0 aromatic rings. The predicted molar refractivity (Wildman–Crippen MR) is 381 cm³/mol. The second-order valence-corrected chi connectivity index (χ2v) is 29.2. The van der Waals surface area contributed by atoms with E-state index in [4.69, 9.17) is 18.5 Å². The van der Waals surface area contributed by atoms with Crippen LogP contribution < -0.4 is 0 Å². The molecule has 520 valence electrons. The molecule has 0 rings (SSSR count). The molecule has 9 nitrogen and oxygen atoms in total. The Labute approximate surface area is 548 Å². The first-order chi connectivity index (χ1) is 43.0. The maximum Gasteiger partial charge on any atom is 0.472 e. The maximum atomic E-state index is 12.9. The Bertz CT molecular complexity index is 1580. The fraction of sp³-hybridized carbons (Fsp3) is 0.897. The summed E-state index contributed by atoms with van der Waals surface area (Å²) in [6, 6.07) is 0. The van der Waals surface area contributed by atoms with E-state index in [-0.39, 0.29) is 25.6 Å². The predicted octanol–water partition coefficient (Wildman–Crippen LogP) is 25.4. The third-order valence-electron chi connectivity index (χ3n) is 17.6. The summed E-state index contributed by atoms with van der Waals surface area (Å²) in [4.78, 5) is 35.9. The fourth-order valence-corrected chi connectivity index (χ4v) is 12.4. The van der Waals surface area contributed by atoms with Gasteiger partial charge in [0.05, 0.1) is 27.7 Å². The number of phosphoric acid groups is 1. The molecule has 10 heteroatoms. The average Bonchev–Trinajstić information content (AvgIpc) is 3.57. The summed E-state index contributed by atoms with van der Waals surface area (Å²) >= 11 is 0. The molecule has 1 N–H and O–H groups in total. The lowest BCUT2D eigenvalue weighted by molar-refractivity contribution is -0.870. The van der Waals surface area contributed by atoms with E-state index in [0.29, 0.717) is 23.9 Å². The highest BCUT2D eigenvalue weighted by molar-refractivity contribution is 7.47. The van der Waals surface area contributed by atoms with E-state index >= 15 is 0 Å². The Morgan fingerprint density at radius 2 is 0.614 bits per heavy atom. The molecule has 0 spiro atoms. The molecule has 0 aromatic carbocycles. The van der Waals surface area contributed by atoms with Crippen molar-refractivity contribution in [3.05, 3.63) is 36.5 Å². The first-order valence-corrected chi connectivity index (χ1v) is 40.2. The molecule has 0 saturated heterocycles. The molecular formula is C78H151NO8P+. The first kappa shape index (κ1) is 86.2. The van der Waals surface area contributed by atoms with Gasteiger partial charge in [-0.1, -0.05) is 352 Å². The van der Waals surface area contributed by atoms with Crippen molar-refractivity contribution in [3.8, 4) is 0 Å². The Morgan fingerprint density at radius 3 is 0.909 bits per heavy atom. The fourth-order valence-electron chi connectivity index (χ4n) is 11.7. The molecule has 0 aliphatic heterocycles. The van der Waals surface area contributed by atoms with E-state index in [0.717, 1.165) is 38.5 Å². The van der Waals surface area contributed by atoms with Crippen molar-refractivity contribution in [2.45, 2.75) is 405 Å². The van der Waals surface area contributed by atoms with Crippen LogP contribution in [0.3, 0.4) is 0 Å². The van der Waals surface area contributed by atoms with Gasteiger partial charge in [0.2, 0.25) is 0 Å². The van der Waals surface area contributed by atoms with Gasteiger partial charge in [-0.05, 0) is 70.6 Å². The molecule has 0 heterocycles. The number of allylic oxidation sites excluding steroid dienone is 6. The standard InChI is InChI=1S/C78H150NO8P/c1-6-8-10-12-14-16-18-20-22-24-26-28-30-32-34-36-37-38-39-40-41-43-45-47-49-51-53-55-57-59-61-63-65-67-69-71-78(81)87-76(75-86-88(82,83)85-73-72-79(3,4)5)74-84-77(80)70-68-66-64-62-60-58-56-54-52-50-48-46-44-42-35-33-31-29-27-25-23-21-19-17-15-13-11-9-7-2/h18,20,24-27,76H,6-17,19,21-23,28-75H2,1-5H3/p+1/b20-18-,26-24-,27-25-. The van der Waals surface area contributed by atoms with Gasteiger partial charge in [0.1, 0.15) is 19.8 Å². The highest BCUT2D eigenvalue weighted by atomic mass is 31.2. The van der Waals surface area contributed by atoms with Gasteiger partial charge in [0.15, 0.2) is 6.10 Å². The third kappa shape index (κ3) is 73.3. The number of carbonyl (C=O) groups excluding carboxylic acids is 2. The zero-order valence-corrected chi connectivity index (χ0v) is 60.4. The number of quaternary nitrogens is 1. The summed E-state index contributed by atoms with van der Waals surface area (Å²) < 4.78 is 34.8. The second kappa shape index (κ2) is 69.6. The lowest BCUT2D eigenvalue weighted by Crippen LogP contribution is -2.37. The number of ether oxygens (including phenoxy) is 2. The first-order valence-electron chi connectivity index (χ1n) is 38.7. The number of carbonyl (C=O) groups is 2.